The Morgan fingerprint density at radius 1 is 1.56 bits per heavy atom. The number of carbonyl (C=O) groups excluding carboxylic acids is 1. The Balaban J connectivity index is 3.01. The van der Waals surface area contributed by atoms with Gasteiger partial charge in [0.15, 0.2) is 0 Å². The molecule has 0 aromatic rings. The highest BCUT2D eigenvalue weighted by Gasteiger charge is 1.88. The molecule has 1 amide bonds. The third kappa shape index (κ3) is 7.39. The molecular formula is C5H13N3O. The number of amides is 1. The van der Waals surface area contributed by atoms with E-state index in [0.717, 1.165) is 0 Å². The first-order chi connectivity index (χ1) is 4.13. The molecule has 4 heteroatoms. The average molecular weight is 131 g/mol. The maximum atomic E-state index is 10.2. The largest absolute Gasteiger partial charge is 0.295 e. The predicted molar refractivity (Wildman–Crippen MR) is 35.5 cm³/mol. The van der Waals surface area contributed by atoms with E-state index in [9.17, 15) is 4.79 Å². The fourth-order valence-corrected chi connectivity index (χ4v) is 0.322. The summed E-state index contributed by atoms with van der Waals surface area (Å²) in [6.45, 7) is 2.11. The third-order valence-corrected chi connectivity index (χ3v) is 0.660. The molecule has 0 saturated carbocycles. The second kappa shape index (κ2) is 4.29. The molecule has 0 radical (unpaired) electrons. The number of carbonyl (C=O) groups is 1. The summed E-state index contributed by atoms with van der Waals surface area (Å²) < 4.78 is 0. The molecule has 0 aromatic carbocycles. The zero-order chi connectivity index (χ0) is 7.28. The Labute approximate surface area is 55.2 Å². The molecule has 0 aromatic heterocycles. The molecule has 0 rings (SSSR count). The molecule has 0 heterocycles. The van der Waals surface area contributed by atoms with Crippen molar-refractivity contribution >= 4 is 5.91 Å². The van der Waals surface area contributed by atoms with Gasteiger partial charge in [-0.15, -0.1) is 0 Å². The van der Waals surface area contributed by atoms with Crippen LogP contribution in [0.5, 0.6) is 0 Å². The van der Waals surface area contributed by atoms with Gasteiger partial charge in [-0.1, -0.05) is 0 Å². The van der Waals surface area contributed by atoms with Crippen molar-refractivity contribution in [2.24, 2.45) is 0 Å². The van der Waals surface area contributed by atoms with Crippen molar-refractivity contribution in [2.45, 2.75) is 6.92 Å². The van der Waals surface area contributed by atoms with Crippen LogP contribution < -0.4 is 10.9 Å². The van der Waals surface area contributed by atoms with E-state index in [-0.39, 0.29) is 5.91 Å². The maximum Gasteiger partial charge on any atom is 0.230 e. The van der Waals surface area contributed by atoms with E-state index in [2.05, 4.69) is 10.9 Å². The van der Waals surface area contributed by atoms with Gasteiger partial charge in [-0.3, -0.25) is 15.1 Å². The highest BCUT2D eigenvalue weighted by molar-refractivity contribution is 5.72. The highest BCUT2D eigenvalue weighted by atomic mass is 16.2. The molecule has 4 nitrogen and oxygen atoms in total. The quantitative estimate of drug-likeness (QED) is 0.387. The van der Waals surface area contributed by atoms with Gasteiger partial charge in [0.05, 0.1) is 6.67 Å². The third-order valence-electron chi connectivity index (χ3n) is 0.660. The van der Waals surface area contributed by atoms with Crippen LogP contribution in [0.15, 0.2) is 0 Å². The van der Waals surface area contributed by atoms with Gasteiger partial charge in [0.1, 0.15) is 0 Å². The summed E-state index contributed by atoms with van der Waals surface area (Å²) in [7, 11) is 3.82. The highest BCUT2D eigenvalue weighted by Crippen LogP contribution is 1.63. The van der Waals surface area contributed by atoms with Crippen molar-refractivity contribution in [1.82, 2.24) is 15.8 Å². The lowest BCUT2D eigenvalue weighted by Gasteiger charge is -2.10. The monoisotopic (exact) mass is 131 g/mol. The van der Waals surface area contributed by atoms with Gasteiger partial charge in [-0.05, 0) is 14.1 Å². The Morgan fingerprint density at radius 3 is 2.44 bits per heavy atom. The van der Waals surface area contributed by atoms with Crippen LogP contribution in [0.1, 0.15) is 6.92 Å². The number of nitrogens with zero attached hydrogens (tertiary/aromatic N) is 1. The Kier molecular flexibility index (Phi) is 4.00. The van der Waals surface area contributed by atoms with Gasteiger partial charge in [0.2, 0.25) is 5.91 Å². The Morgan fingerprint density at radius 2 is 2.11 bits per heavy atom. The van der Waals surface area contributed by atoms with Crippen LogP contribution in [0.25, 0.3) is 0 Å². The zero-order valence-corrected chi connectivity index (χ0v) is 6.06. The molecule has 0 aliphatic heterocycles. The lowest BCUT2D eigenvalue weighted by molar-refractivity contribution is -0.120. The topological polar surface area (TPSA) is 44.4 Å². The van der Waals surface area contributed by atoms with Crippen molar-refractivity contribution in [3.8, 4) is 0 Å². The van der Waals surface area contributed by atoms with Crippen LogP contribution in [0, 0.1) is 0 Å². The van der Waals surface area contributed by atoms with Gasteiger partial charge in [0.25, 0.3) is 0 Å². The molecule has 2 N–H and O–H groups in total. The summed E-state index contributed by atoms with van der Waals surface area (Å²) in [5.74, 6) is -0.0724. The van der Waals surface area contributed by atoms with E-state index in [1.165, 1.54) is 6.92 Å². The molecular weight excluding hydrogens is 118 g/mol. The van der Waals surface area contributed by atoms with Crippen LogP contribution in [0.4, 0.5) is 0 Å². The molecule has 0 aliphatic carbocycles. The predicted octanol–water partition coefficient (Wildman–Crippen LogP) is -0.854. The van der Waals surface area contributed by atoms with Gasteiger partial charge in [-0.25, -0.2) is 5.43 Å². The molecule has 0 atom stereocenters. The molecule has 0 fully saturated rings. The van der Waals surface area contributed by atoms with Gasteiger partial charge in [-0.2, -0.15) is 0 Å². The fraction of sp³-hybridized carbons (Fsp3) is 0.800. The molecule has 0 spiro atoms. The molecule has 0 saturated heterocycles. The van der Waals surface area contributed by atoms with Gasteiger partial charge >= 0.3 is 0 Å². The van der Waals surface area contributed by atoms with Crippen molar-refractivity contribution < 1.29 is 4.79 Å². The second-order valence-electron chi connectivity index (χ2n) is 2.10. The minimum atomic E-state index is -0.0724. The zero-order valence-electron chi connectivity index (χ0n) is 6.06. The second-order valence-corrected chi connectivity index (χ2v) is 2.10. The number of hydrogen-bond donors (Lipinski definition) is 2. The first-order valence-electron chi connectivity index (χ1n) is 2.77. The summed E-state index contributed by atoms with van der Waals surface area (Å²) in [4.78, 5) is 12.1. The number of nitrogens with one attached hydrogen (secondary N) is 2. The minimum Gasteiger partial charge on any atom is -0.295 e. The first kappa shape index (κ1) is 8.39. The van der Waals surface area contributed by atoms with E-state index in [1.807, 2.05) is 19.0 Å². The van der Waals surface area contributed by atoms with Gasteiger partial charge < -0.3 is 0 Å². The van der Waals surface area contributed by atoms with Crippen LogP contribution in [-0.2, 0) is 4.79 Å². The van der Waals surface area contributed by atoms with E-state index in [1.54, 1.807) is 0 Å². The molecule has 0 bridgehead atoms. The summed E-state index contributed by atoms with van der Waals surface area (Å²) in [5, 5.41) is 0. The van der Waals surface area contributed by atoms with E-state index < -0.39 is 0 Å². The lowest BCUT2D eigenvalue weighted by atomic mass is 10.8. The molecule has 0 aliphatic rings. The normalized spacial score (nSPS) is 9.78. The minimum absolute atomic E-state index is 0.0724. The van der Waals surface area contributed by atoms with Crippen LogP contribution in [-0.4, -0.2) is 31.6 Å². The van der Waals surface area contributed by atoms with Crippen LogP contribution in [0.3, 0.4) is 0 Å². The average Bonchev–Trinajstić information content (AvgIpc) is 1.63. The maximum absolute atomic E-state index is 10.2. The Hall–Kier alpha value is -0.610. The Bertz CT molecular complexity index is 92.2. The smallest absolute Gasteiger partial charge is 0.230 e. The number of rotatable bonds is 3. The van der Waals surface area contributed by atoms with E-state index in [4.69, 9.17) is 0 Å². The molecule has 0 unspecified atom stereocenters. The fourth-order valence-electron chi connectivity index (χ4n) is 0.322. The van der Waals surface area contributed by atoms with Crippen LogP contribution >= 0.6 is 0 Å². The van der Waals surface area contributed by atoms with E-state index >= 15 is 0 Å². The van der Waals surface area contributed by atoms with Crippen molar-refractivity contribution in [1.29, 1.82) is 0 Å². The standard InChI is InChI=1S/C5H13N3O/c1-5(9)7-6-4-8(2)3/h6H,4H2,1-3H3,(H,7,9). The summed E-state index contributed by atoms with van der Waals surface area (Å²) in [6.07, 6.45) is 0. The van der Waals surface area contributed by atoms with Crippen LogP contribution in [0.2, 0.25) is 0 Å². The summed E-state index contributed by atoms with van der Waals surface area (Å²) >= 11 is 0. The number of hydrazine groups is 1. The molecule has 9 heavy (non-hydrogen) atoms. The van der Waals surface area contributed by atoms with Crippen molar-refractivity contribution in [3.63, 3.8) is 0 Å². The SMILES string of the molecule is CC(=O)NNCN(C)C. The van der Waals surface area contributed by atoms with Crippen molar-refractivity contribution in [3.05, 3.63) is 0 Å². The van der Waals surface area contributed by atoms with Crippen molar-refractivity contribution in [2.75, 3.05) is 20.8 Å². The summed E-state index contributed by atoms with van der Waals surface area (Å²) in [6, 6.07) is 0. The first-order valence-corrected chi connectivity index (χ1v) is 2.77. The number of hydrogen-bond acceptors (Lipinski definition) is 3. The van der Waals surface area contributed by atoms with E-state index in [0.29, 0.717) is 6.67 Å². The van der Waals surface area contributed by atoms with Gasteiger partial charge in [0, 0.05) is 6.92 Å². The molecule has 54 valence electrons. The lowest BCUT2D eigenvalue weighted by Crippen LogP contribution is -2.41. The summed E-state index contributed by atoms with van der Waals surface area (Å²) in [5.41, 5.74) is 5.16.